The molecule has 5 heteroatoms. The Morgan fingerprint density at radius 3 is 2.13 bits per heavy atom. The highest BCUT2D eigenvalue weighted by molar-refractivity contribution is 6.00. The molecule has 3 aromatic rings. The van der Waals surface area contributed by atoms with Gasteiger partial charge in [0.1, 0.15) is 5.82 Å². The first-order valence-corrected chi connectivity index (χ1v) is 6.92. The second-order valence-corrected chi connectivity index (χ2v) is 5.04. The Morgan fingerprint density at radius 2 is 1.43 bits per heavy atom. The first-order valence-electron chi connectivity index (χ1n) is 6.92. The number of benzene rings is 3. The van der Waals surface area contributed by atoms with Gasteiger partial charge in [-0.15, -0.1) is 0 Å². The van der Waals surface area contributed by atoms with Gasteiger partial charge in [-0.25, -0.2) is 4.39 Å². The van der Waals surface area contributed by atoms with Crippen molar-refractivity contribution < 1.29 is 18.0 Å². The summed E-state index contributed by atoms with van der Waals surface area (Å²) < 4.78 is 42.9. The maximum Gasteiger partial charge on any atom is 0.350 e. The summed E-state index contributed by atoms with van der Waals surface area (Å²) in [6.07, 6.45) is 0. The predicted molar refractivity (Wildman–Crippen MR) is 82.9 cm³/mol. The monoisotopic (exact) mass is 315 g/mol. The van der Waals surface area contributed by atoms with Crippen LogP contribution in [0.3, 0.4) is 0 Å². The molecule has 0 heterocycles. The smallest absolute Gasteiger partial charge is 0.321 e. The van der Waals surface area contributed by atoms with Crippen molar-refractivity contribution in [2.45, 2.75) is 5.92 Å². The highest BCUT2D eigenvalue weighted by Gasteiger charge is 2.42. The first kappa shape index (κ1) is 15.1. The third-order valence-electron chi connectivity index (χ3n) is 3.53. The lowest BCUT2D eigenvalue weighted by atomic mass is 9.98. The summed E-state index contributed by atoms with van der Waals surface area (Å²) in [7, 11) is 0. The number of rotatable bonds is 3. The van der Waals surface area contributed by atoms with Gasteiger partial charge in [-0.2, -0.15) is 8.78 Å². The molecule has 1 amide bonds. The third kappa shape index (κ3) is 2.77. The Balaban J connectivity index is 2.03. The van der Waals surface area contributed by atoms with Crippen LogP contribution in [-0.2, 0) is 10.7 Å². The van der Waals surface area contributed by atoms with Crippen molar-refractivity contribution in [1.82, 2.24) is 0 Å². The average molecular weight is 315 g/mol. The van der Waals surface area contributed by atoms with Crippen molar-refractivity contribution >= 4 is 22.4 Å². The van der Waals surface area contributed by atoms with Gasteiger partial charge in [0.05, 0.1) is 0 Å². The number of hydrogen-bond acceptors (Lipinski definition) is 1. The number of carbonyl (C=O) groups excluding carboxylic acids is 1. The summed E-state index contributed by atoms with van der Waals surface area (Å²) in [6, 6.07) is 15.7. The minimum Gasteiger partial charge on any atom is -0.321 e. The van der Waals surface area contributed by atoms with E-state index in [-0.39, 0.29) is 16.5 Å². The van der Waals surface area contributed by atoms with Gasteiger partial charge in [0.15, 0.2) is 0 Å². The molecule has 0 saturated carbocycles. The lowest BCUT2D eigenvalue weighted by Gasteiger charge is -2.18. The second kappa shape index (κ2) is 5.76. The molecule has 3 rings (SSSR count). The standard InChI is InChI=1S/C18H12F3NO/c19-16-11-10-15(13-8-4-5-9-14(13)16)18(20,21)17(23)22-12-6-2-1-3-7-12/h1-11H,(H,22,23). The van der Waals surface area contributed by atoms with Crippen molar-refractivity contribution in [2.75, 3.05) is 5.32 Å². The van der Waals surface area contributed by atoms with Crippen LogP contribution in [0.1, 0.15) is 5.56 Å². The Labute approximate surface area is 130 Å². The summed E-state index contributed by atoms with van der Waals surface area (Å²) in [5.41, 5.74) is -0.258. The van der Waals surface area contributed by atoms with Crippen molar-refractivity contribution in [2.24, 2.45) is 0 Å². The Hall–Kier alpha value is -2.82. The number of nitrogens with one attached hydrogen (secondary N) is 1. The van der Waals surface area contributed by atoms with Crippen molar-refractivity contribution in [3.05, 3.63) is 78.1 Å². The van der Waals surface area contributed by atoms with Crippen LogP contribution in [0.15, 0.2) is 66.7 Å². The van der Waals surface area contributed by atoms with Crippen LogP contribution in [0, 0.1) is 5.82 Å². The number of halogens is 3. The molecule has 3 aromatic carbocycles. The molecule has 0 aliphatic heterocycles. The zero-order chi connectivity index (χ0) is 16.4. The third-order valence-corrected chi connectivity index (χ3v) is 3.53. The second-order valence-electron chi connectivity index (χ2n) is 5.04. The van der Waals surface area contributed by atoms with E-state index < -0.39 is 23.2 Å². The van der Waals surface area contributed by atoms with Crippen LogP contribution < -0.4 is 5.32 Å². The summed E-state index contributed by atoms with van der Waals surface area (Å²) >= 11 is 0. The molecule has 1 N–H and O–H groups in total. The van der Waals surface area contributed by atoms with E-state index >= 15 is 0 Å². The Bertz CT molecular complexity index is 863. The maximum atomic E-state index is 14.6. The number of carbonyl (C=O) groups is 1. The SMILES string of the molecule is O=C(Nc1ccccc1)C(F)(F)c1ccc(F)c2ccccc12. The molecule has 0 fully saturated rings. The van der Waals surface area contributed by atoms with Crippen LogP contribution in [0.2, 0.25) is 0 Å². The highest BCUT2D eigenvalue weighted by atomic mass is 19.3. The molecule has 0 atom stereocenters. The summed E-state index contributed by atoms with van der Waals surface area (Å²) in [4.78, 5) is 12.0. The molecule has 0 unspecified atom stereocenters. The molecule has 2 nitrogen and oxygen atoms in total. The van der Waals surface area contributed by atoms with Gasteiger partial charge < -0.3 is 5.32 Å². The molecule has 116 valence electrons. The number of alkyl halides is 2. The Kier molecular flexibility index (Phi) is 3.78. The van der Waals surface area contributed by atoms with Crippen LogP contribution in [0.5, 0.6) is 0 Å². The fourth-order valence-corrected chi connectivity index (χ4v) is 2.39. The van der Waals surface area contributed by atoms with Gasteiger partial charge in [-0.1, -0.05) is 42.5 Å². The predicted octanol–water partition coefficient (Wildman–Crippen LogP) is 4.71. The van der Waals surface area contributed by atoms with Crippen LogP contribution in [0.25, 0.3) is 10.8 Å². The van der Waals surface area contributed by atoms with E-state index in [1.54, 1.807) is 24.3 Å². The molecular weight excluding hydrogens is 303 g/mol. The minimum atomic E-state index is -3.79. The molecule has 0 spiro atoms. The lowest BCUT2D eigenvalue weighted by molar-refractivity contribution is -0.140. The van der Waals surface area contributed by atoms with Crippen molar-refractivity contribution in [3.8, 4) is 0 Å². The topological polar surface area (TPSA) is 29.1 Å². The summed E-state index contributed by atoms with van der Waals surface area (Å²) in [5.74, 6) is -5.85. The van der Waals surface area contributed by atoms with E-state index in [9.17, 15) is 18.0 Å². The highest BCUT2D eigenvalue weighted by Crippen LogP contribution is 2.35. The molecule has 23 heavy (non-hydrogen) atoms. The van der Waals surface area contributed by atoms with E-state index in [0.29, 0.717) is 0 Å². The summed E-state index contributed by atoms with van der Waals surface area (Å²) in [6.45, 7) is 0. The van der Waals surface area contributed by atoms with Gasteiger partial charge in [-0.05, 0) is 29.7 Å². The van der Waals surface area contributed by atoms with E-state index in [4.69, 9.17) is 0 Å². The number of amides is 1. The van der Waals surface area contributed by atoms with Gasteiger partial charge in [0.2, 0.25) is 0 Å². The molecular formula is C18H12F3NO. The number of para-hydroxylation sites is 1. The van der Waals surface area contributed by atoms with Gasteiger partial charge >= 0.3 is 5.92 Å². The quantitative estimate of drug-likeness (QED) is 0.745. The number of fused-ring (bicyclic) bond motifs is 1. The van der Waals surface area contributed by atoms with E-state index in [1.165, 1.54) is 30.3 Å². The molecule has 0 aliphatic rings. The van der Waals surface area contributed by atoms with Gasteiger partial charge in [0.25, 0.3) is 5.91 Å². The molecule has 0 radical (unpaired) electrons. The Morgan fingerprint density at radius 1 is 0.826 bits per heavy atom. The fraction of sp³-hybridized carbons (Fsp3) is 0.0556. The minimum absolute atomic E-state index is 0.0145. The van der Waals surface area contributed by atoms with Gasteiger partial charge in [-0.3, -0.25) is 4.79 Å². The first-order chi connectivity index (χ1) is 11.0. The molecule has 0 saturated heterocycles. The largest absolute Gasteiger partial charge is 0.350 e. The number of anilines is 1. The van der Waals surface area contributed by atoms with Crippen LogP contribution >= 0.6 is 0 Å². The van der Waals surface area contributed by atoms with E-state index in [2.05, 4.69) is 5.32 Å². The average Bonchev–Trinajstić information content (AvgIpc) is 2.56. The summed E-state index contributed by atoms with van der Waals surface area (Å²) in [5, 5.41) is 2.24. The zero-order valence-electron chi connectivity index (χ0n) is 11.9. The van der Waals surface area contributed by atoms with Crippen molar-refractivity contribution in [1.29, 1.82) is 0 Å². The van der Waals surface area contributed by atoms with Crippen molar-refractivity contribution in [3.63, 3.8) is 0 Å². The maximum absolute atomic E-state index is 14.6. The molecule has 0 bridgehead atoms. The normalized spacial score (nSPS) is 11.4. The van der Waals surface area contributed by atoms with Gasteiger partial charge in [0, 0.05) is 16.6 Å². The fourth-order valence-electron chi connectivity index (χ4n) is 2.39. The van der Waals surface area contributed by atoms with Crippen LogP contribution in [-0.4, -0.2) is 5.91 Å². The van der Waals surface area contributed by atoms with Crippen LogP contribution in [0.4, 0.5) is 18.9 Å². The number of hydrogen-bond donors (Lipinski definition) is 1. The van der Waals surface area contributed by atoms with E-state index in [0.717, 1.165) is 12.1 Å². The van der Waals surface area contributed by atoms with E-state index in [1.807, 2.05) is 0 Å². The molecule has 0 aromatic heterocycles. The zero-order valence-corrected chi connectivity index (χ0v) is 11.9. The molecule has 0 aliphatic carbocycles. The lowest BCUT2D eigenvalue weighted by Crippen LogP contribution is -2.32.